The topological polar surface area (TPSA) is 91.7 Å². The van der Waals surface area contributed by atoms with Gasteiger partial charge >= 0.3 is 5.69 Å². The SMILES string of the molecule is Nc1ccc(Br)c(C(=O)c2ccc3[nH]c(=O)[nH]c3c2)c1. The molecule has 1 heterocycles. The predicted molar refractivity (Wildman–Crippen MR) is 80.9 cm³/mol. The summed E-state index contributed by atoms with van der Waals surface area (Å²) in [5.41, 5.74) is 8.17. The van der Waals surface area contributed by atoms with Crippen molar-refractivity contribution in [3.05, 3.63) is 62.5 Å². The molecule has 3 rings (SSSR count). The Morgan fingerprint density at radius 1 is 1.05 bits per heavy atom. The van der Waals surface area contributed by atoms with Crippen LogP contribution in [-0.2, 0) is 0 Å². The van der Waals surface area contributed by atoms with Crippen LogP contribution in [0.2, 0.25) is 0 Å². The second-order valence-corrected chi connectivity index (χ2v) is 5.26. The van der Waals surface area contributed by atoms with Crippen LogP contribution in [0.15, 0.2) is 45.7 Å². The monoisotopic (exact) mass is 331 g/mol. The smallest absolute Gasteiger partial charge is 0.323 e. The Kier molecular flexibility index (Phi) is 2.94. The molecule has 3 aromatic rings. The number of nitrogens with one attached hydrogen (secondary N) is 2. The van der Waals surface area contributed by atoms with Gasteiger partial charge in [0.05, 0.1) is 11.0 Å². The fourth-order valence-electron chi connectivity index (χ4n) is 2.05. The molecule has 0 spiro atoms. The highest BCUT2D eigenvalue weighted by molar-refractivity contribution is 9.10. The van der Waals surface area contributed by atoms with Crippen LogP contribution in [0.1, 0.15) is 15.9 Å². The van der Waals surface area contributed by atoms with E-state index in [0.29, 0.717) is 32.3 Å². The number of hydrogen-bond acceptors (Lipinski definition) is 3. The maximum atomic E-state index is 12.5. The molecule has 0 saturated heterocycles. The van der Waals surface area contributed by atoms with Crippen LogP contribution >= 0.6 is 15.9 Å². The van der Waals surface area contributed by atoms with Crippen LogP contribution < -0.4 is 11.4 Å². The van der Waals surface area contributed by atoms with Crippen molar-refractivity contribution in [3.63, 3.8) is 0 Å². The Labute approximate surface area is 121 Å². The van der Waals surface area contributed by atoms with Crippen molar-refractivity contribution in [1.82, 2.24) is 9.97 Å². The average molecular weight is 332 g/mol. The highest BCUT2D eigenvalue weighted by Crippen LogP contribution is 2.23. The van der Waals surface area contributed by atoms with Crippen LogP contribution in [0, 0.1) is 0 Å². The number of ketones is 1. The molecule has 0 radical (unpaired) electrons. The molecule has 20 heavy (non-hydrogen) atoms. The van der Waals surface area contributed by atoms with E-state index in [-0.39, 0.29) is 11.5 Å². The number of fused-ring (bicyclic) bond motifs is 1. The van der Waals surface area contributed by atoms with E-state index in [0.717, 1.165) is 0 Å². The fourth-order valence-corrected chi connectivity index (χ4v) is 2.47. The maximum Gasteiger partial charge on any atom is 0.323 e. The third kappa shape index (κ3) is 2.14. The Morgan fingerprint density at radius 3 is 2.60 bits per heavy atom. The number of benzene rings is 2. The van der Waals surface area contributed by atoms with Gasteiger partial charge in [-0.15, -0.1) is 0 Å². The van der Waals surface area contributed by atoms with Crippen LogP contribution in [0.4, 0.5) is 5.69 Å². The van der Waals surface area contributed by atoms with Crippen molar-refractivity contribution in [1.29, 1.82) is 0 Å². The Hall–Kier alpha value is -2.34. The minimum atomic E-state index is -0.297. The summed E-state index contributed by atoms with van der Waals surface area (Å²) in [6.07, 6.45) is 0. The summed E-state index contributed by atoms with van der Waals surface area (Å²) in [6, 6.07) is 10.1. The van der Waals surface area contributed by atoms with Gasteiger partial charge in [0.1, 0.15) is 0 Å². The van der Waals surface area contributed by atoms with Gasteiger partial charge in [-0.1, -0.05) is 15.9 Å². The van der Waals surface area contributed by atoms with Crippen LogP contribution in [0.25, 0.3) is 11.0 Å². The summed E-state index contributed by atoms with van der Waals surface area (Å²) in [7, 11) is 0. The van der Waals surface area contributed by atoms with Gasteiger partial charge in [0.15, 0.2) is 5.78 Å². The number of H-pyrrole nitrogens is 2. The van der Waals surface area contributed by atoms with Crippen molar-refractivity contribution < 1.29 is 4.79 Å². The minimum Gasteiger partial charge on any atom is -0.399 e. The van der Waals surface area contributed by atoms with E-state index >= 15 is 0 Å². The molecule has 4 N–H and O–H groups in total. The summed E-state index contributed by atoms with van der Waals surface area (Å²) < 4.78 is 0.680. The average Bonchev–Trinajstić information content (AvgIpc) is 2.79. The number of carbonyl (C=O) groups is 1. The first-order valence-corrected chi connectivity index (χ1v) is 6.65. The van der Waals surface area contributed by atoms with Gasteiger partial charge in [-0.3, -0.25) is 4.79 Å². The van der Waals surface area contributed by atoms with Gasteiger partial charge in [-0.25, -0.2) is 4.79 Å². The maximum absolute atomic E-state index is 12.5. The van der Waals surface area contributed by atoms with Crippen molar-refractivity contribution in [2.75, 3.05) is 5.73 Å². The summed E-state index contributed by atoms with van der Waals surface area (Å²) in [6.45, 7) is 0. The van der Waals surface area contributed by atoms with Crippen molar-refractivity contribution in [3.8, 4) is 0 Å². The largest absolute Gasteiger partial charge is 0.399 e. The molecule has 1 aromatic heterocycles. The van der Waals surface area contributed by atoms with E-state index in [2.05, 4.69) is 25.9 Å². The molecule has 5 nitrogen and oxygen atoms in total. The Morgan fingerprint density at radius 2 is 1.80 bits per heavy atom. The normalized spacial score (nSPS) is 10.8. The molecule has 0 aliphatic carbocycles. The van der Waals surface area contributed by atoms with Gasteiger partial charge < -0.3 is 15.7 Å². The van der Waals surface area contributed by atoms with Crippen LogP contribution in [-0.4, -0.2) is 15.8 Å². The Bertz CT molecular complexity index is 880. The number of nitrogens with two attached hydrogens (primary N) is 1. The summed E-state index contributed by atoms with van der Waals surface area (Å²) in [4.78, 5) is 29.0. The van der Waals surface area contributed by atoms with E-state index in [1.54, 1.807) is 36.4 Å². The number of nitrogen functional groups attached to an aromatic ring is 1. The van der Waals surface area contributed by atoms with Crippen molar-refractivity contribution >= 4 is 38.4 Å². The van der Waals surface area contributed by atoms with Crippen LogP contribution in [0.3, 0.4) is 0 Å². The first kappa shape index (κ1) is 12.7. The molecule has 0 unspecified atom stereocenters. The fraction of sp³-hybridized carbons (Fsp3) is 0. The third-order valence-electron chi connectivity index (χ3n) is 3.01. The van der Waals surface area contributed by atoms with E-state index in [4.69, 9.17) is 5.73 Å². The first-order valence-electron chi connectivity index (χ1n) is 5.86. The van der Waals surface area contributed by atoms with E-state index in [1.807, 2.05) is 0 Å². The zero-order valence-corrected chi connectivity index (χ0v) is 11.8. The van der Waals surface area contributed by atoms with Crippen LogP contribution in [0.5, 0.6) is 0 Å². The standard InChI is InChI=1S/C14H10BrN3O2/c15-10-3-2-8(16)6-9(10)13(19)7-1-4-11-12(5-7)18-14(20)17-11/h1-6H,16H2,(H2,17,18,20). The van der Waals surface area contributed by atoms with Gasteiger partial charge in [-0.05, 0) is 36.4 Å². The second kappa shape index (κ2) is 4.64. The van der Waals surface area contributed by atoms with E-state index < -0.39 is 0 Å². The molecule has 0 aliphatic heterocycles. The summed E-state index contributed by atoms with van der Waals surface area (Å²) in [5.74, 6) is -0.159. The lowest BCUT2D eigenvalue weighted by molar-refractivity contribution is 0.103. The number of carbonyl (C=O) groups excluding carboxylic acids is 1. The summed E-state index contributed by atoms with van der Waals surface area (Å²) in [5, 5.41) is 0. The summed E-state index contributed by atoms with van der Waals surface area (Å²) >= 11 is 3.34. The lowest BCUT2D eigenvalue weighted by atomic mass is 10.0. The molecular formula is C14H10BrN3O2. The number of rotatable bonds is 2. The molecule has 2 aromatic carbocycles. The molecule has 0 amide bonds. The van der Waals surface area contributed by atoms with Crippen molar-refractivity contribution in [2.45, 2.75) is 0 Å². The number of aromatic amines is 2. The molecule has 0 fully saturated rings. The predicted octanol–water partition coefficient (Wildman–Crippen LogP) is 2.43. The van der Waals surface area contributed by atoms with Gasteiger partial charge in [0.25, 0.3) is 0 Å². The molecular weight excluding hydrogens is 322 g/mol. The zero-order valence-electron chi connectivity index (χ0n) is 10.2. The number of anilines is 1. The molecule has 100 valence electrons. The number of halogens is 1. The molecule has 6 heteroatoms. The number of hydrogen-bond donors (Lipinski definition) is 3. The first-order chi connectivity index (χ1) is 9.54. The van der Waals surface area contributed by atoms with Gasteiger partial charge in [0.2, 0.25) is 0 Å². The van der Waals surface area contributed by atoms with E-state index in [9.17, 15) is 9.59 Å². The number of imidazole rings is 1. The lowest BCUT2D eigenvalue weighted by Crippen LogP contribution is -2.03. The lowest BCUT2D eigenvalue weighted by Gasteiger charge is -2.05. The number of aromatic nitrogens is 2. The van der Waals surface area contributed by atoms with Crippen molar-refractivity contribution in [2.24, 2.45) is 0 Å². The zero-order chi connectivity index (χ0) is 14.3. The van der Waals surface area contributed by atoms with E-state index in [1.165, 1.54) is 0 Å². The van der Waals surface area contributed by atoms with Gasteiger partial charge in [-0.2, -0.15) is 0 Å². The van der Waals surface area contributed by atoms with Gasteiger partial charge in [0, 0.05) is 21.3 Å². The third-order valence-corrected chi connectivity index (χ3v) is 3.70. The second-order valence-electron chi connectivity index (χ2n) is 4.41. The minimum absolute atomic E-state index is 0.159. The highest BCUT2D eigenvalue weighted by atomic mass is 79.9. The highest BCUT2D eigenvalue weighted by Gasteiger charge is 2.14. The Balaban J connectivity index is 2.12. The quantitative estimate of drug-likeness (QED) is 0.497. The molecule has 0 atom stereocenters. The molecule has 0 bridgehead atoms. The molecule has 0 saturated carbocycles. The molecule has 0 aliphatic rings.